The van der Waals surface area contributed by atoms with Gasteiger partial charge in [-0.1, -0.05) is 12.1 Å². The summed E-state index contributed by atoms with van der Waals surface area (Å²) in [5.41, 5.74) is 5.30. The lowest BCUT2D eigenvalue weighted by Gasteiger charge is -2.40. The molecule has 166 valence electrons. The zero-order valence-electron chi connectivity index (χ0n) is 18.0. The Morgan fingerprint density at radius 1 is 1.18 bits per heavy atom. The van der Waals surface area contributed by atoms with Gasteiger partial charge in [0.05, 0.1) is 16.5 Å². The standard InChI is InChI=1S/C23H22N8OS/c1-15-11-29(23-20(25-14-33-23)22-26-17-6-2-3-7-18(17)27-22)9-10-31(15)19(32)13-30-12-16-5-4-8-24-21(16)28-30/h2-8,12,14-15H,9-11,13H2,1H3,(H,26,27)/t15-/m1/s1. The summed E-state index contributed by atoms with van der Waals surface area (Å²) in [6, 6.07) is 11.9. The Hall–Kier alpha value is -3.79. The van der Waals surface area contributed by atoms with Crippen LogP contribution in [0.25, 0.3) is 33.6 Å². The fourth-order valence-corrected chi connectivity index (χ4v) is 5.25. The summed E-state index contributed by atoms with van der Waals surface area (Å²) in [6.45, 7) is 4.44. The van der Waals surface area contributed by atoms with Crippen LogP contribution in [0.15, 0.2) is 54.3 Å². The summed E-state index contributed by atoms with van der Waals surface area (Å²) in [4.78, 5) is 34.2. The van der Waals surface area contributed by atoms with E-state index in [4.69, 9.17) is 4.98 Å². The Kier molecular flexibility index (Phi) is 4.79. The predicted molar refractivity (Wildman–Crippen MR) is 128 cm³/mol. The highest BCUT2D eigenvalue weighted by Crippen LogP contribution is 2.34. The van der Waals surface area contributed by atoms with E-state index in [1.165, 1.54) is 0 Å². The molecule has 4 aromatic heterocycles. The van der Waals surface area contributed by atoms with Gasteiger partial charge in [-0.15, -0.1) is 11.3 Å². The van der Waals surface area contributed by atoms with Crippen LogP contribution in [-0.2, 0) is 11.3 Å². The number of para-hydroxylation sites is 2. The number of carbonyl (C=O) groups is 1. The van der Waals surface area contributed by atoms with E-state index < -0.39 is 0 Å². The van der Waals surface area contributed by atoms with E-state index in [1.54, 1.807) is 22.2 Å². The zero-order chi connectivity index (χ0) is 22.4. The number of pyridine rings is 1. The first kappa shape index (κ1) is 19.9. The van der Waals surface area contributed by atoms with E-state index in [-0.39, 0.29) is 18.5 Å². The number of hydrogen-bond donors (Lipinski definition) is 1. The summed E-state index contributed by atoms with van der Waals surface area (Å²) >= 11 is 1.61. The molecule has 0 radical (unpaired) electrons. The first-order chi connectivity index (χ1) is 16.2. The van der Waals surface area contributed by atoms with Crippen LogP contribution in [0.1, 0.15) is 6.92 Å². The Labute approximate surface area is 193 Å². The van der Waals surface area contributed by atoms with E-state index in [1.807, 2.05) is 53.0 Å². The smallest absolute Gasteiger partial charge is 0.244 e. The van der Waals surface area contributed by atoms with Crippen LogP contribution in [0.5, 0.6) is 0 Å². The molecule has 33 heavy (non-hydrogen) atoms. The van der Waals surface area contributed by atoms with E-state index in [9.17, 15) is 4.79 Å². The topological polar surface area (TPSA) is 95.8 Å². The molecular formula is C23H22N8OS. The van der Waals surface area contributed by atoms with Gasteiger partial charge in [0.1, 0.15) is 17.2 Å². The van der Waals surface area contributed by atoms with Crippen molar-refractivity contribution in [1.82, 2.24) is 34.6 Å². The molecule has 0 spiro atoms. The fourth-order valence-electron chi connectivity index (χ4n) is 4.42. The molecule has 0 unspecified atom stereocenters. The van der Waals surface area contributed by atoms with Crippen molar-refractivity contribution in [3.05, 3.63) is 54.3 Å². The molecular weight excluding hydrogens is 436 g/mol. The number of carbonyl (C=O) groups excluding carboxylic acids is 1. The van der Waals surface area contributed by atoms with E-state index in [2.05, 4.69) is 31.9 Å². The Bertz CT molecular complexity index is 1390. The number of nitrogens with one attached hydrogen (secondary N) is 1. The SMILES string of the molecule is C[C@@H]1CN(c2scnc2-c2nc3ccccc3[nH]2)CCN1C(=O)Cn1cc2cccnc2n1. The number of nitrogens with zero attached hydrogens (tertiary/aromatic N) is 7. The lowest BCUT2D eigenvalue weighted by Crippen LogP contribution is -2.54. The number of thiazole rings is 1. The van der Waals surface area contributed by atoms with E-state index >= 15 is 0 Å². The minimum Gasteiger partial charge on any atom is -0.358 e. The summed E-state index contributed by atoms with van der Waals surface area (Å²) in [5, 5.41) is 6.44. The van der Waals surface area contributed by atoms with Crippen LogP contribution in [0, 0.1) is 0 Å². The number of aromatic nitrogens is 6. The first-order valence-electron chi connectivity index (χ1n) is 10.9. The molecule has 1 fully saturated rings. The molecule has 0 bridgehead atoms. The summed E-state index contributed by atoms with van der Waals surface area (Å²) in [7, 11) is 0. The van der Waals surface area contributed by atoms with Gasteiger partial charge in [-0.3, -0.25) is 9.48 Å². The number of rotatable bonds is 4. The maximum absolute atomic E-state index is 13.0. The van der Waals surface area contributed by atoms with Crippen molar-refractivity contribution < 1.29 is 4.79 Å². The minimum atomic E-state index is 0.0665. The van der Waals surface area contributed by atoms with Gasteiger partial charge in [0, 0.05) is 43.5 Å². The van der Waals surface area contributed by atoms with Gasteiger partial charge in [0.25, 0.3) is 0 Å². The molecule has 0 saturated carbocycles. The number of imidazole rings is 1. The quantitative estimate of drug-likeness (QED) is 0.444. The third-order valence-electron chi connectivity index (χ3n) is 6.02. The second-order valence-electron chi connectivity index (χ2n) is 8.23. The van der Waals surface area contributed by atoms with Gasteiger partial charge in [-0.05, 0) is 31.2 Å². The lowest BCUT2D eigenvalue weighted by atomic mass is 10.2. The van der Waals surface area contributed by atoms with E-state index in [0.717, 1.165) is 46.0 Å². The molecule has 6 rings (SSSR count). The summed E-state index contributed by atoms with van der Waals surface area (Å²) in [5.74, 6) is 0.842. The van der Waals surface area contributed by atoms with Crippen molar-refractivity contribution in [2.75, 3.05) is 24.5 Å². The number of fused-ring (bicyclic) bond motifs is 2. The van der Waals surface area contributed by atoms with Crippen LogP contribution < -0.4 is 4.90 Å². The number of hydrogen-bond acceptors (Lipinski definition) is 7. The van der Waals surface area contributed by atoms with Crippen molar-refractivity contribution in [2.24, 2.45) is 0 Å². The summed E-state index contributed by atoms with van der Waals surface area (Å²) < 4.78 is 1.68. The van der Waals surface area contributed by atoms with Crippen molar-refractivity contribution in [2.45, 2.75) is 19.5 Å². The van der Waals surface area contributed by atoms with Gasteiger partial charge in [0.15, 0.2) is 11.5 Å². The van der Waals surface area contributed by atoms with Gasteiger partial charge in [-0.25, -0.2) is 15.0 Å². The van der Waals surface area contributed by atoms with Gasteiger partial charge < -0.3 is 14.8 Å². The largest absolute Gasteiger partial charge is 0.358 e. The molecule has 1 saturated heterocycles. The van der Waals surface area contributed by atoms with Crippen molar-refractivity contribution in [1.29, 1.82) is 0 Å². The highest BCUT2D eigenvalue weighted by atomic mass is 32.1. The number of anilines is 1. The van der Waals surface area contributed by atoms with Crippen LogP contribution >= 0.6 is 11.3 Å². The Morgan fingerprint density at radius 2 is 2.09 bits per heavy atom. The molecule has 5 aromatic rings. The number of benzene rings is 1. The molecule has 0 aliphatic carbocycles. The van der Waals surface area contributed by atoms with Crippen LogP contribution in [0.3, 0.4) is 0 Å². The maximum Gasteiger partial charge on any atom is 0.244 e. The Balaban J connectivity index is 1.17. The average Bonchev–Trinajstić information content (AvgIpc) is 3.55. The monoisotopic (exact) mass is 458 g/mol. The van der Waals surface area contributed by atoms with Crippen LogP contribution in [0.4, 0.5) is 5.00 Å². The van der Waals surface area contributed by atoms with Crippen LogP contribution in [0.2, 0.25) is 0 Å². The van der Waals surface area contributed by atoms with Crippen molar-refractivity contribution in [3.63, 3.8) is 0 Å². The third kappa shape index (κ3) is 3.62. The second-order valence-corrected chi connectivity index (χ2v) is 9.07. The molecule has 1 N–H and O–H groups in total. The second kappa shape index (κ2) is 7.96. The average molecular weight is 459 g/mol. The number of H-pyrrole nitrogens is 1. The lowest BCUT2D eigenvalue weighted by molar-refractivity contribution is -0.134. The first-order valence-corrected chi connectivity index (χ1v) is 11.7. The molecule has 1 aromatic carbocycles. The molecule has 1 atom stereocenters. The third-order valence-corrected chi connectivity index (χ3v) is 6.91. The predicted octanol–water partition coefficient (Wildman–Crippen LogP) is 3.17. The highest BCUT2D eigenvalue weighted by Gasteiger charge is 2.30. The molecule has 1 amide bonds. The van der Waals surface area contributed by atoms with Gasteiger partial charge in [-0.2, -0.15) is 5.10 Å². The van der Waals surface area contributed by atoms with E-state index in [0.29, 0.717) is 12.2 Å². The highest BCUT2D eigenvalue weighted by molar-refractivity contribution is 7.14. The van der Waals surface area contributed by atoms with Crippen LogP contribution in [-0.4, -0.2) is 66.2 Å². The molecule has 5 heterocycles. The van der Waals surface area contributed by atoms with Crippen molar-refractivity contribution in [3.8, 4) is 11.5 Å². The van der Waals surface area contributed by atoms with Gasteiger partial charge in [0.2, 0.25) is 5.91 Å². The zero-order valence-corrected chi connectivity index (χ0v) is 18.9. The number of aromatic amines is 1. The molecule has 1 aliphatic heterocycles. The maximum atomic E-state index is 13.0. The normalized spacial score (nSPS) is 16.7. The van der Waals surface area contributed by atoms with Crippen molar-refractivity contribution >= 4 is 44.3 Å². The molecule has 1 aliphatic rings. The fraction of sp³-hybridized carbons (Fsp3) is 0.261. The molecule has 10 heteroatoms. The van der Waals surface area contributed by atoms with Gasteiger partial charge >= 0.3 is 0 Å². The molecule has 9 nitrogen and oxygen atoms in total. The number of piperazine rings is 1. The Morgan fingerprint density at radius 3 is 2.94 bits per heavy atom. The minimum absolute atomic E-state index is 0.0665. The summed E-state index contributed by atoms with van der Waals surface area (Å²) in [6.07, 6.45) is 3.58. The number of amides is 1.